The molecule has 1 aromatic carbocycles. The van der Waals surface area contributed by atoms with E-state index in [1.807, 2.05) is 25.1 Å². The lowest BCUT2D eigenvalue weighted by Crippen LogP contribution is -2.34. The number of imide groups is 1. The minimum Gasteiger partial charge on any atom is -0.395 e. The lowest BCUT2D eigenvalue weighted by Gasteiger charge is -2.14. The molecule has 0 radical (unpaired) electrons. The quantitative estimate of drug-likeness (QED) is 0.822. The number of halogens is 1. The van der Waals surface area contributed by atoms with E-state index in [-0.39, 0.29) is 18.8 Å². The summed E-state index contributed by atoms with van der Waals surface area (Å²) in [6.45, 7) is 1.68. The number of anilines is 1. The van der Waals surface area contributed by atoms with Crippen molar-refractivity contribution in [1.29, 1.82) is 0 Å². The molecule has 1 aromatic rings. The summed E-state index contributed by atoms with van der Waals surface area (Å²) in [6, 6.07) is 5.59. The number of nitrogens with one attached hydrogen (secondary N) is 1. The Hall–Kier alpha value is -1.66. The highest BCUT2D eigenvalue weighted by Gasteiger charge is 2.30. The molecule has 0 fully saturated rings. The van der Waals surface area contributed by atoms with Gasteiger partial charge in [0.05, 0.1) is 13.2 Å². The largest absolute Gasteiger partial charge is 0.395 e. The molecular weight excluding hydrogens is 312 g/mol. The Kier molecular flexibility index (Phi) is 4.01. The van der Waals surface area contributed by atoms with Crippen LogP contribution in [0.2, 0.25) is 0 Å². The van der Waals surface area contributed by atoms with Crippen LogP contribution in [-0.4, -0.2) is 35.0 Å². The predicted octanol–water partition coefficient (Wildman–Crippen LogP) is 1.41. The first-order valence-electron chi connectivity index (χ1n) is 5.74. The Morgan fingerprint density at radius 1 is 1.37 bits per heavy atom. The molecule has 5 nitrogen and oxygen atoms in total. The summed E-state index contributed by atoms with van der Waals surface area (Å²) in [5, 5.41) is 11.8. The molecule has 1 aliphatic heterocycles. The van der Waals surface area contributed by atoms with E-state index in [1.165, 1.54) is 6.08 Å². The highest BCUT2D eigenvalue weighted by atomic mass is 79.9. The van der Waals surface area contributed by atoms with Crippen molar-refractivity contribution in [2.45, 2.75) is 6.92 Å². The first kappa shape index (κ1) is 13.8. The molecule has 2 rings (SSSR count). The van der Waals surface area contributed by atoms with Crippen LogP contribution in [0.1, 0.15) is 5.56 Å². The van der Waals surface area contributed by atoms with Gasteiger partial charge in [0, 0.05) is 16.2 Å². The number of rotatable bonds is 4. The summed E-state index contributed by atoms with van der Waals surface area (Å²) in [5.41, 5.74) is 1.95. The maximum absolute atomic E-state index is 11.9. The van der Waals surface area contributed by atoms with Gasteiger partial charge in [0.25, 0.3) is 11.8 Å². The summed E-state index contributed by atoms with van der Waals surface area (Å²) < 4.78 is 0.945. The van der Waals surface area contributed by atoms with Gasteiger partial charge in [-0.15, -0.1) is 0 Å². The van der Waals surface area contributed by atoms with Crippen LogP contribution in [0, 0.1) is 6.92 Å². The van der Waals surface area contributed by atoms with Crippen LogP contribution in [0.5, 0.6) is 0 Å². The average molecular weight is 325 g/mol. The smallest absolute Gasteiger partial charge is 0.277 e. The van der Waals surface area contributed by atoms with Gasteiger partial charge in [-0.2, -0.15) is 0 Å². The van der Waals surface area contributed by atoms with Crippen molar-refractivity contribution in [3.63, 3.8) is 0 Å². The summed E-state index contributed by atoms with van der Waals surface area (Å²) in [6.07, 6.45) is 1.25. The van der Waals surface area contributed by atoms with E-state index >= 15 is 0 Å². The van der Waals surface area contributed by atoms with Gasteiger partial charge in [-0.25, -0.2) is 0 Å². The number of hydrogen-bond donors (Lipinski definition) is 2. The van der Waals surface area contributed by atoms with Crippen LogP contribution in [0.15, 0.2) is 34.4 Å². The van der Waals surface area contributed by atoms with E-state index in [4.69, 9.17) is 5.11 Å². The Morgan fingerprint density at radius 3 is 2.74 bits per heavy atom. The van der Waals surface area contributed by atoms with Gasteiger partial charge in [-0.05, 0) is 30.7 Å². The van der Waals surface area contributed by atoms with Gasteiger partial charge in [-0.3, -0.25) is 14.5 Å². The van der Waals surface area contributed by atoms with E-state index in [0.717, 1.165) is 20.6 Å². The van der Waals surface area contributed by atoms with Gasteiger partial charge in [0.2, 0.25) is 0 Å². The van der Waals surface area contributed by atoms with Crippen LogP contribution in [0.25, 0.3) is 0 Å². The number of nitrogens with zero attached hydrogens (tertiary/aromatic N) is 1. The number of aryl methyl sites for hydroxylation is 1. The van der Waals surface area contributed by atoms with Crippen molar-refractivity contribution in [3.8, 4) is 0 Å². The monoisotopic (exact) mass is 324 g/mol. The maximum atomic E-state index is 11.9. The van der Waals surface area contributed by atoms with Gasteiger partial charge in [0.1, 0.15) is 5.70 Å². The number of carbonyl (C=O) groups is 2. The second kappa shape index (κ2) is 5.54. The summed E-state index contributed by atoms with van der Waals surface area (Å²) in [7, 11) is 0. The van der Waals surface area contributed by atoms with Crippen LogP contribution in [0.3, 0.4) is 0 Å². The number of carbonyl (C=O) groups excluding carboxylic acids is 2. The zero-order chi connectivity index (χ0) is 14.0. The first-order chi connectivity index (χ1) is 9.02. The molecule has 2 amide bonds. The van der Waals surface area contributed by atoms with Crippen LogP contribution < -0.4 is 5.32 Å². The third-order valence-electron chi connectivity index (χ3n) is 2.79. The van der Waals surface area contributed by atoms with Crippen molar-refractivity contribution in [3.05, 3.63) is 40.0 Å². The van der Waals surface area contributed by atoms with Crippen molar-refractivity contribution in [2.75, 3.05) is 18.5 Å². The predicted molar refractivity (Wildman–Crippen MR) is 74.4 cm³/mol. The molecule has 0 aliphatic carbocycles. The molecule has 0 spiro atoms. The van der Waals surface area contributed by atoms with Crippen molar-refractivity contribution >= 4 is 33.4 Å². The van der Waals surface area contributed by atoms with E-state index in [9.17, 15) is 9.59 Å². The highest BCUT2D eigenvalue weighted by Crippen LogP contribution is 2.23. The summed E-state index contributed by atoms with van der Waals surface area (Å²) >= 11 is 3.36. The fraction of sp³-hybridized carbons (Fsp3) is 0.231. The first-order valence-corrected chi connectivity index (χ1v) is 6.54. The van der Waals surface area contributed by atoms with Crippen molar-refractivity contribution in [1.82, 2.24) is 4.90 Å². The zero-order valence-electron chi connectivity index (χ0n) is 10.3. The second-order valence-corrected chi connectivity index (χ2v) is 5.08. The van der Waals surface area contributed by atoms with Gasteiger partial charge < -0.3 is 10.4 Å². The highest BCUT2D eigenvalue weighted by molar-refractivity contribution is 9.10. The molecule has 6 heteroatoms. The molecule has 0 bridgehead atoms. The molecule has 1 aliphatic rings. The number of β-amino-alcohol motifs (C(OH)–C–C–N with tert-alkyl or cyclic N) is 1. The number of benzene rings is 1. The van der Waals surface area contributed by atoms with E-state index < -0.39 is 11.8 Å². The lowest BCUT2D eigenvalue weighted by atomic mass is 10.2. The fourth-order valence-electron chi connectivity index (χ4n) is 1.82. The van der Waals surface area contributed by atoms with E-state index in [0.29, 0.717) is 0 Å². The topological polar surface area (TPSA) is 69.6 Å². The summed E-state index contributed by atoms with van der Waals surface area (Å²) in [4.78, 5) is 24.5. The van der Waals surface area contributed by atoms with Crippen molar-refractivity contribution in [2.24, 2.45) is 0 Å². The Bertz CT molecular complexity index is 569. The molecule has 0 unspecified atom stereocenters. The second-order valence-electron chi connectivity index (χ2n) is 4.16. The normalized spacial score (nSPS) is 14.9. The number of aliphatic hydroxyl groups excluding tert-OH is 1. The zero-order valence-corrected chi connectivity index (χ0v) is 11.9. The number of aliphatic hydroxyl groups is 1. The molecule has 100 valence electrons. The van der Waals surface area contributed by atoms with Crippen LogP contribution >= 0.6 is 15.9 Å². The molecule has 1 heterocycles. The maximum Gasteiger partial charge on any atom is 0.277 e. The molecule has 19 heavy (non-hydrogen) atoms. The molecule has 0 aromatic heterocycles. The molecule has 0 saturated heterocycles. The van der Waals surface area contributed by atoms with Gasteiger partial charge >= 0.3 is 0 Å². The average Bonchev–Trinajstić information content (AvgIpc) is 2.61. The molecular formula is C13H13BrN2O3. The van der Waals surface area contributed by atoms with Gasteiger partial charge in [0.15, 0.2) is 0 Å². The minimum atomic E-state index is -0.415. The minimum absolute atomic E-state index is 0.0126. The number of hydrogen-bond acceptors (Lipinski definition) is 4. The Balaban J connectivity index is 2.18. The van der Waals surface area contributed by atoms with Crippen LogP contribution in [0.4, 0.5) is 5.69 Å². The Labute approximate surface area is 119 Å². The molecule has 0 saturated carbocycles. The molecule has 0 atom stereocenters. The summed E-state index contributed by atoms with van der Waals surface area (Å²) in [5.74, 6) is -0.822. The lowest BCUT2D eigenvalue weighted by molar-refractivity contribution is -0.137. The van der Waals surface area contributed by atoms with E-state index in [1.54, 1.807) is 0 Å². The molecule has 2 N–H and O–H groups in total. The SMILES string of the molecule is Cc1cc(Br)ccc1NC1=CC(=O)N(CCO)C1=O. The van der Waals surface area contributed by atoms with Crippen molar-refractivity contribution < 1.29 is 14.7 Å². The van der Waals surface area contributed by atoms with Gasteiger partial charge in [-0.1, -0.05) is 15.9 Å². The van der Waals surface area contributed by atoms with Crippen LogP contribution in [-0.2, 0) is 9.59 Å². The number of amides is 2. The third kappa shape index (κ3) is 2.85. The standard InChI is InChI=1S/C13H13BrN2O3/c1-8-6-9(14)2-3-10(8)15-11-7-12(18)16(4-5-17)13(11)19/h2-3,6-7,15,17H,4-5H2,1H3. The fourth-order valence-corrected chi connectivity index (χ4v) is 2.30. The Morgan fingerprint density at radius 2 is 2.11 bits per heavy atom. The van der Waals surface area contributed by atoms with E-state index in [2.05, 4.69) is 21.2 Å². The third-order valence-corrected chi connectivity index (χ3v) is 3.28.